The Balaban J connectivity index is 2.28. The summed E-state index contributed by atoms with van der Waals surface area (Å²) in [6, 6.07) is 8.64. The molecule has 9 heteroatoms. The Morgan fingerprint density at radius 1 is 1.10 bits per heavy atom. The molecular weight excluding hydrogens is 378 g/mol. The molecule has 0 saturated heterocycles. The average Bonchev–Trinajstić information content (AvgIpc) is 2.67. The van der Waals surface area contributed by atoms with Gasteiger partial charge in [-0.2, -0.15) is 0 Å². The molecule has 29 heavy (non-hydrogen) atoms. The zero-order chi connectivity index (χ0) is 21.6. The van der Waals surface area contributed by atoms with Crippen LogP contribution in [0.2, 0.25) is 0 Å². The van der Waals surface area contributed by atoms with Crippen LogP contribution in [-0.4, -0.2) is 36.5 Å². The maximum atomic E-state index is 12.7. The zero-order valence-corrected chi connectivity index (χ0v) is 16.6. The third-order valence-electron chi connectivity index (χ3n) is 3.85. The lowest BCUT2D eigenvalue weighted by Crippen LogP contribution is -2.30. The van der Waals surface area contributed by atoms with E-state index in [0.29, 0.717) is 17.9 Å². The van der Waals surface area contributed by atoms with Gasteiger partial charge in [0, 0.05) is 23.4 Å². The van der Waals surface area contributed by atoms with Gasteiger partial charge in [-0.3, -0.25) is 19.7 Å². The van der Waals surface area contributed by atoms with Gasteiger partial charge in [0.25, 0.3) is 17.5 Å². The molecule has 0 aromatic heterocycles. The number of methoxy groups -OCH3 is 1. The molecule has 0 spiro atoms. The summed E-state index contributed by atoms with van der Waals surface area (Å²) in [5.74, 6) is -0.521. The highest BCUT2D eigenvalue weighted by Gasteiger charge is 2.25. The molecule has 0 aliphatic rings. The van der Waals surface area contributed by atoms with Gasteiger partial charge in [-0.1, -0.05) is 0 Å². The highest BCUT2D eigenvalue weighted by molar-refractivity contribution is 6.07. The lowest BCUT2D eigenvalue weighted by Gasteiger charge is -2.12. The van der Waals surface area contributed by atoms with E-state index in [1.807, 2.05) is 13.8 Å². The van der Waals surface area contributed by atoms with Crippen LogP contribution in [0.1, 0.15) is 41.5 Å². The largest absolute Gasteiger partial charge is 0.493 e. The van der Waals surface area contributed by atoms with Crippen LogP contribution in [0.3, 0.4) is 0 Å². The van der Waals surface area contributed by atoms with Crippen molar-refractivity contribution in [2.75, 3.05) is 19.0 Å². The predicted octanol–water partition coefficient (Wildman–Crippen LogP) is 3.39. The Labute approximate surface area is 168 Å². The Hall–Kier alpha value is -3.62. The highest BCUT2D eigenvalue weighted by atomic mass is 16.6. The first-order valence-electron chi connectivity index (χ1n) is 8.98. The van der Waals surface area contributed by atoms with Gasteiger partial charge in [-0.05, 0) is 45.0 Å². The Morgan fingerprint density at radius 3 is 2.28 bits per heavy atom. The van der Waals surface area contributed by atoms with Crippen molar-refractivity contribution in [1.29, 1.82) is 0 Å². The first-order valence-corrected chi connectivity index (χ1v) is 8.98. The Kier molecular flexibility index (Phi) is 7.13. The topological polar surface area (TPSA) is 120 Å². The van der Waals surface area contributed by atoms with Crippen LogP contribution < -0.4 is 20.1 Å². The van der Waals surface area contributed by atoms with Crippen LogP contribution in [0, 0.1) is 10.1 Å². The van der Waals surface area contributed by atoms with Gasteiger partial charge < -0.3 is 20.1 Å². The smallest absolute Gasteiger partial charge is 0.286 e. The van der Waals surface area contributed by atoms with E-state index in [9.17, 15) is 19.7 Å². The summed E-state index contributed by atoms with van der Waals surface area (Å²) >= 11 is 0. The number of nitrogens with one attached hydrogen (secondary N) is 2. The Bertz CT molecular complexity index is 909. The van der Waals surface area contributed by atoms with Crippen molar-refractivity contribution in [1.82, 2.24) is 5.32 Å². The lowest BCUT2D eigenvalue weighted by atomic mass is 10.1. The van der Waals surface area contributed by atoms with E-state index in [1.54, 1.807) is 31.2 Å². The molecule has 2 rings (SSSR count). The fourth-order valence-electron chi connectivity index (χ4n) is 2.56. The van der Waals surface area contributed by atoms with Crippen molar-refractivity contribution in [3.05, 3.63) is 57.6 Å². The van der Waals surface area contributed by atoms with Gasteiger partial charge >= 0.3 is 0 Å². The van der Waals surface area contributed by atoms with Crippen molar-refractivity contribution >= 4 is 23.2 Å². The first kappa shape index (κ1) is 21.7. The number of carbonyl (C=O) groups is 2. The molecule has 0 bridgehead atoms. The number of benzene rings is 2. The van der Waals surface area contributed by atoms with E-state index in [4.69, 9.17) is 9.47 Å². The minimum absolute atomic E-state index is 0.00274. The fourth-order valence-corrected chi connectivity index (χ4v) is 2.56. The minimum Gasteiger partial charge on any atom is -0.493 e. The zero-order valence-electron chi connectivity index (χ0n) is 16.6. The number of nitro benzene ring substituents is 1. The van der Waals surface area contributed by atoms with E-state index in [1.165, 1.54) is 13.2 Å². The number of hydrogen-bond acceptors (Lipinski definition) is 6. The van der Waals surface area contributed by atoms with Gasteiger partial charge in [0.05, 0.1) is 24.7 Å². The molecule has 0 aliphatic heterocycles. The Morgan fingerprint density at radius 2 is 1.76 bits per heavy atom. The molecule has 0 saturated carbocycles. The molecule has 154 valence electrons. The molecule has 0 unspecified atom stereocenters. The van der Waals surface area contributed by atoms with E-state index < -0.39 is 16.5 Å². The van der Waals surface area contributed by atoms with Crippen LogP contribution >= 0.6 is 0 Å². The van der Waals surface area contributed by atoms with Gasteiger partial charge in [0.2, 0.25) is 0 Å². The van der Waals surface area contributed by atoms with Crippen molar-refractivity contribution in [2.24, 2.45) is 0 Å². The maximum Gasteiger partial charge on any atom is 0.286 e. The van der Waals surface area contributed by atoms with E-state index >= 15 is 0 Å². The van der Waals surface area contributed by atoms with E-state index in [2.05, 4.69) is 10.6 Å². The summed E-state index contributed by atoms with van der Waals surface area (Å²) < 4.78 is 10.5. The molecule has 2 aromatic rings. The number of amides is 2. The minimum atomic E-state index is -0.681. The molecular formula is C20H23N3O6. The normalized spacial score (nSPS) is 10.4. The number of ether oxygens (including phenoxy) is 2. The SMILES string of the molecule is CCOc1cc(C(=O)Nc2ccc(C(=O)NC(C)C)cc2)c([N+](=O)[O-])cc1OC. The third-order valence-corrected chi connectivity index (χ3v) is 3.85. The average molecular weight is 401 g/mol. The maximum absolute atomic E-state index is 12.7. The third kappa shape index (κ3) is 5.44. The van der Waals surface area contributed by atoms with E-state index in [-0.39, 0.29) is 29.0 Å². The van der Waals surface area contributed by atoms with Crippen molar-refractivity contribution in [3.8, 4) is 11.5 Å². The molecule has 0 radical (unpaired) electrons. The first-order chi connectivity index (χ1) is 13.8. The predicted molar refractivity (Wildman–Crippen MR) is 108 cm³/mol. The summed E-state index contributed by atoms with van der Waals surface area (Å²) in [6.07, 6.45) is 0. The molecule has 9 nitrogen and oxygen atoms in total. The molecule has 2 aromatic carbocycles. The van der Waals surface area contributed by atoms with Gasteiger partial charge in [-0.15, -0.1) is 0 Å². The van der Waals surface area contributed by atoms with Crippen LogP contribution in [-0.2, 0) is 0 Å². The second-order valence-corrected chi connectivity index (χ2v) is 6.37. The fraction of sp³-hybridized carbons (Fsp3) is 0.300. The van der Waals surface area contributed by atoms with Crippen LogP contribution in [0.15, 0.2) is 36.4 Å². The molecule has 2 amide bonds. The quantitative estimate of drug-likeness (QED) is 0.517. The van der Waals surface area contributed by atoms with Crippen molar-refractivity contribution < 1.29 is 24.0 Å². The summed E-state index contributed by atoms with van der Waals surface area (Å²) in [7, 11) is 1.36. The summed E-state index contributed by atoms with van der Waals surface area (Å²) in [5.41, 5.74) is 0.251. The number of nitro groups is 1. The monoisotopic (exact) mass is 401 g/mol. The summed E-state index contributed by atoms with van der Waals surface area (Å²) in [6.45, 7) is 5.75. The summed E-state index contributed by atoms with van der Waals surface area (Å²) in [5, 5.41) is 16.8. The molecule has 0 heterocycles. The van der Waals surface area contributed by atoms with Crippen LogP contribution in [0.25, 0.3) is 0 Å². The second-order valence-electron chi connectivity index (χ2n) is 6.37. The molecule has 0 atom stereocenters. The van der Waals surface area contributed by atoms with Crippen molar-refractivity contribution in [2.45, 2.75) is 26.8 Å². The van der Waals surface area contributed by atoms with E-state index in [0.717, 1.165) is 6.07 Å². The second kappa shape index (κ2) is 9.54. The van der Waals surface area contributed by atoms with Gasteiger partial charge in [0.15, 0.2) is 11.5 Å². The molecule has 0 aliphatic carbocycles. The molecule has 0 fully saturated rings. The molecule has 2 N–H and O–H groups in total. The van der Waals surface area contributed by atoms with Crippen LogP contribution in [0.5, 0.6) is 11.5 Å². The standard InChI is InChI=1S/C20H23N3O6/c1-5-29-18-10-15(16(23(26)27)11-17(18)28-4)20(25)22-14-8-6-13(7-9-14)19(24)21-12(2)3/h6-12H,5H2,1-4H3,(H,21,24)(H,22,25). The van der Waals surface area contributed by atoms with Crippen molar-refractivity contribution in [3.63, 3.8) is 0 Å². The van der Waals surface area contributed by atoms with Gasteiger partial charge in [0.1, 0.15) is 5.56 Å². The lowest BCUT2D eigenvalue weighted by molar-refractivity contribution is -0.385. The summed E-state index contributed by atoms with van der Waals surface area (Å²) in [4.78, 5) is 35.4. The highest BCUT2D eigenvalue weighted by Crippen LogP contribution is 2.35. The number of hydrogen-bond donors (Lipinski definition) is 2. The number of anilines is 1. The number of rotatable bonds is 8. The number of carbonyl (C=O) groups excluding carboxylic acids is 2. The number of nitrogens with zero attached hydrogens (tertiary/aromatic N) is 1. The van der Waals surface area contributed by atoms with Gasteiger partial charge in [-0.25, -0.2) is 0 Å². The van der Waals surface area contributed by atoms with Crippen LogP contribution in [0.4, 0.5) is 11.4 Å².